The third-order valence-electron chi connectivity index (χ3n) is 2.30. The molecular formula is C13H14Cl2. The predicted molar refractivity (Wildman–Crippen MR) is 69.3 cm³/mol. The first-order valence-electron chi connectivity index (χ1n) is 4.78. The second kappa shape index (κ2) is 5.39. The summed E-state index contributed by atoms with van der Waals surface area (Å²) in [5, 5.41) is 1.46. The maximum absolute atomic E-state index is 6.18. The Morgan fingerprint density at radius 1 is 1.13 bits per heavy atom. The Bertz CT molecular complexity index is 410. The first-order chi connectivity index (χ1) is 7.02. The van der Waals surface area contributed by atoms with E-state index in [2.05, 4.69) is 0 Å². The van der Waals surface area contributed by atoms with Gasteiger partial charge >= 0.3 is 0 Å². The van der Waals surface area contributed by atoms with Crippen LogP contribution in [0.3, 0.4) is 0 Å². The van der Waals surface area contributed by atoms with E-state index in [1.54, 1.807) is 0 Å². The highest BCUT2D eigenvalue weighted by Crippen LogP contribution is 2.24. The quantitative estimate of drug-likeness (QED) is 0.618. The molecule has 0 aliphatic carbocycles. The average molecular weight is 241 g/mol. The van der Waals surface area contributed by atoms with Gasteiger partial charge in [-0.3, -0.25) is 0 Å². The van der Waals surface area contributed by atoms with Crippen LogP contribution >= 0.6 is 23.2 Å². The largest absolute Gasteiger partial charge is 0.0840 e. The van der Waals surface area contributed by atoms with Gasteiger partial charge in [0.15, 0.2) is 0 Å². The van der Waals surface area contributed by atoms with Crippen molar-refractivity contribution in [1.29, 1.82) is 0 Å². The van der Waals surface area contributed by atoms with Crippen LogP contribution in [0.1, 0.15) is 26.3 Å². The number of allylic oxidation sites excluding steroid dienone is 3. The third kappa shape index (κ3) is 3.40. The molecule has 0 bridgehead atoms. The second-order valence-corrected chi connectivity index (χ2v) is 4.45. The van der Waals surface area contributed by atoms with Crippen LogP contribution < -0.4 is 0 Å². The number of halogens is 2. The van der Waals surface area contributed by atoms with Gasteiger partial charge in [-0.1, -0.05) is 47.0 Å². The molecule has 2 heteroatoms. The van der Waals surface area contributed by atoms with Crippen LogP contribution in [0.5, 0.6) is 0 Å². The molecule has 0 nitrogen and oxygen atoms in total. The summed E-state index contributed by atoms with van der Waals surface area (Å²) >= 11 is 12.2. The molecule has 0 aliphatic rings. The normalized spacial score (nSPS) is 11.4. The minimum absolute atomic E-state index is 0.720. The van der Waals surface area contributed by atoms with Crippen molar-refractivity contribution < 1.29 is 0 Å². The summed E-state index contributed by atoms with van der Waals surface area (Å²) in [5.41, 5.74) is 3.25. The number of hydrogen-bond donors (Lipinski definition) is 0. The van der Waals surface area contributed by atoms with Crippen LogP contribution in [0.2, 0.25) is 5.02 Å². The number of benzene rings is 1. The van der Waals surface area contributed by atoms with Crippen molar-refractivity contribution in [2.75, 3.05) is 0 Å². The molecule has 0 unspecified atom stereocenters. The molecule has 80 valence electrons. The Morgan fingerprint density at radius 3 is 2.27 bits per heavy atom. The van der Waals surface area contributed by atoms with E-state index in [9.17, 15) is 0 Å². The molecule has 0 saturated carbocycles. The molecular weight excluding hydrogens is 227 g/mol. The lowest BCUT2D eigenvalue weighted by Gasteiger charge is -2.03. The summed E-state index contributed by atoms with van der Waals surface area (Å²) in [7, 11) is 0. The minimum atomic E-state index is 0.720. The molecule has 0 aliphatic heterocycles. The zero-order valence-corrected chi connectivity index (χ0v) is 10.7. The van der Waals surface area contributed by atoms with Crippen molar-refractivity contribution in [1.82, 2.24) is 0 Å². The lowest BCUT2D eigenvalue weighted by atomic mass is 10.1. The Balaban J connectivity index is 3.09. The molecule has 1 aromatic carbocycles. The van der Waals surface area contributed by atoms with Crippen LogP contribution in [0.4, 0.5) is 0 Å². The van der Waals surface area contributed by atoms with Crippen molar-refractivity contribution in [2.45, 2.75) is 20.8 Å². The van der Waals surface area contributed by atoms with E-state index < -0.39 is 0 Å². The van der Waals surface area contributed by atoms with E-state index >= 15 is 0 Å². The molecule has 0 fully saturated rings. The van der Waals surface area contributed by atoms with Crippen LogP contribution in [-0.4, -0.2) is 0 Å². The number of hydrogen-bond acceptors (Lipinski definition) is 0. The van der Waals surface area contributed by atoms with Gasteiger partial charge in [0.05, 0.1) is 0 Å². The topological polar surface area (TPSA) is 0 Å². The van der Waals surface area contributed by atoms with Gasteiger partial charge in [-0.15, -0.1) is 0 Å². The SMILES string of the molecule is CC(C)=C(C)/C(Cl)=C\c1ccccc1Cl. The Labute approximate surface area is 101 Å². The molecule has 0 amide bonds. The van der Waals surface area contributed by atoms with Crippen molar-refractivity contribution in [3.8, 4) is 0 Å². The van der Waals surface area contributed by atoms with E-state index in [0.717, 1.165) is 21.2 Å². The molecule has 1 aromatic rings. The standard InChI is InChI=1S/C13H14Cl2/c1-9(2)10(3)13(15)8-11-6-4-5-7-12(11)14/h4-8H,1-3H3/b13-8+. The molecule has 0 spiro atoms. The average Bonchev–Trinajstić information content (AvgIpc) is 2.20. The summed E-state index contributed by atoms with van der Waals surface area (Å²) in [6, 6.07) is 7.65. The molecule has 1 rings (SSSR count). The van der Waals surface area contributed by atoms with E-state index in [0.29, 0.717) is 0 Å². The van der Waals surface area contributed by atoms with Crippen LogP contribution in [0.25, 0.3) is 6.08 Å². The zero-order valence-electron chi connectivity index (χ0n) is 9.14. The molecule has 0 aromatic heterocycles. The van der Waals surface area contributed by atoms with Gasteiger partial charge in [0, 0.05) is 10.1 Å². The third-order valence-corrected chi connectivity index (χ3v) is 3.03. The Hall–Kier alpha value is -0.720. The second-order valence-electron chi connectivity index (χ2n) is 3.64. The van der Waals surface area contributed by atoms with Gasteiger partial charge in [-0.25, -0.2) is 0 Å². The molecule has 0 atom stereocenters. The number of rotatable bonds is 2. The fourth-order valence-corrected chi connectivity index (χ4v) is 1.57. The van der Waals surface area contributed by atoms with Gasteiger partial charge in [-0.2, -0.15) is 0 Å². The lowest BCUT2D eigenvalue weighted by molar-refractivity contribution is 1.29. The summed E-state index contributed by atoms with van der Waals surface area (Å²) in [5.74, 6) is 0. The smallest absolute Gasteiger partial charge is 0.0478 e. The fourth-order valence-electron chi connectivity index (χ4n) is 1.08. The van der Waals surface area contributed by atoms with E-state index in [1.807, 2.05) is 51.1 Å². The van der Waals surface area contributed by atoms with Gasteiger partial charge in [0.25, 0.3) is 0 Å². The fraction of sp³-hybridized carbons (Fsp3) is 0.231. The molecule has 15 heavy (non-hydrogen) atoms. The first kappa shape index (κ1) is 12.4. The van der Waals surface area contributed by atoms with Crippen molar-refractivity contribution in [3.63, 3.8) is 0 Å². The van der Waals surface area contributed by atoms with Crippen molar-refractivity contribution >= 4 is 29.3 Å². The predicted octanol–water partition coefficient (Wildman–Crippen LogP) is 5.28. The van der Waals surface area contributed by atoms with Gasteiger partial charge < -0.3 is 0 Å². The zero-order chi connectivity index (χ0) is 11.4. The van der Waals surface area contributed by atoms with Crippen molar-refractivity contribution in [3.05, 3.63) is 51.0 Å². The lowest BCUT2D eigenvalue weighted by Crippen LogP contribution is -1.82. The summed E-state index contributed by atoms with van der Waals surface area (Å²) in [6.07, 6.45) is 1.90. The highest BCUT2D eigenvalue weighted by Gasteiger charge is 2.00. The monoisotopic (exact) mass is 240 g/mol. The summed E-state index contributed by atoms with van der Waals surface area (Å²) in [6.45, 7) is 6.08. The molecule has 0 N–H and O–H groups in total. The van der Waals surface area contributed by atoms with E-state index in [-0.39, 0.29) is 0 Å². The van der Waals surface area contributed by atoms with E-state index in [1.165, 1.54) is 5.57 Å². The van der Waals surface area contributed by atoms with Crippen LogP contribution in [-0.2, 0) is 0 Å². The van der Waals surface area contributed by atoms with Crippen molar-refractivity contribution in [2.24, 2.45) is 0 Å². The molecule has 0 saturated heterocycles. The van der Waals surface area contributed by atoms with Gasteiger partial charge in [0.2, 0.25) is 0 Å². The Kier molecular flexibility index (Phi) is 4.44. The minimum Gasteiger partial charge on any atom is -0.0840 e. The molecule has 0 radical (unpaired) electrons. The summed E-state index contributed by atoms with van der Waals surface area (Å²) < 4.78 is 0. The maximum Gasteiger partial charge on any atom is 0.0478 e. The maximum atomic E-state index is 6.18. The van der Waals surface area contributed by atoms with Gasteiger partial charge in [0.1, 0.15) is 0 Å². The highest BCUT2D eigenvalue weighted by molar-refractivity contribution is 6.35. The van der Waals surface area contributed by atoms with Crippen LogP contribution in [0.15, 0.2) is 40.4 Å². The van der Waals surface area contributed by atoms with E-state index in [4.69, 9.17) is 23.2 Å². The van der Waals surface area contributed by atoms with Gasteiger partial charge in [-0.05, 0) is 44.1 Å². The highest BCUT2D eigenvalue weighted by atomic mass is 35.5. The Morgan fingerprint density at radius 2 is 1.73 bits per heavy atom. The first-order valence-corrected chi connectivity index (χ1v) is 5.54. The summed E-state index contributed by atoms with van der Waals surface area (Å²) in [4.78, 5) is 0. The van der Waals surface area contributed by atoms with Crippen LogP contribution in [0, 0.1) is 0 Å². The molecule has 0 heterocycles.